The van der Waals surface area contributed by atoms with Crippen molar-refractivity contribution in [2.75, 3.05) is 5.32 Å². The van der Waals surface area contributed by atoms with Crippen molar-refractivity contribution in [1.29, 1.82) is 0 Å². The van der Waals surface area contributed by atoms with Crippen molar-refractivity contribution in [1.82, 2.24) is 9.47 Å². The van der Waals surface area contributed by atoms with Crippen molar-refractivity contribution in [3.05, 3.63) is 65.4 Å². The topological polar surface area (TPSA) is 20.2 Å². The van der Waals surface area contributed by atoms with Gasteiger partial charge in [0.25, 0.3) is 0 Å². The van der Waals surface area contributed by atoms with Gasteiger partial charge in [-0.05, 0) is 70.1 Å². The summed E-state index contributed by atoms with van der Waals surface area (Å²) in [5.41, 5.74) is 6.14. The number of fused-ring (bicyclic) bond motifs is 1. The third kappa shape index (κ3) is 4.16. The molecule has 0 spiro atoms. The molecule has 0 unspecified atom stereocenters. The van der Waals surface area contributed by atoms with E-state index in [-0.39, 0.29) is 0 Å². The second-order valence-corrected chi connectivity index (χ2v) is 7.81. The first-order chi connectivity index (χ1) is 12.9. The molecule has 4 heteroatoms. The molecule has 3 nitrogen and oxygen atoms in total. The average Bonchev–Trinajstić information content (AvgIpc) is 2.99. The molecule has 0 atom stereocenters. The van der Waals surface area contributed by atoms with Crippen molar-refractivity contribution in [3.63, 3.8) is 0 Å². The van der Waals surface area contributed by atoms with Crippen LogP contribution < -0.4 is 5.32 Å². The predicted octanol–water partition coefficient (Wildman–Crippen LogP) is 5.89. The van der Waals surface area contributed by atoms with E-state index in [0.717, 1.165) is 23.9 Å². The maximum Gasteiger partial charge on any atom is 0.173 e. The number of aryl methyl sites for hydroxylation is 3. The Labute approximate surface area is 168 Å². The summed E-state index contributed by atoms with van der Waals surface area (Å²) in [6, 6.07) is 15.3. The van der Waals surface area contributed by atoms with E-state index in [0.29, 0.717) is 6.04 Å². The van der Waals surface area contributed by atoms with Gasteiger partial charge in [0, 0.05) is 41.9 Å². The van der Waals surface area contributed by atoms with E-state index >= 15 is 0 Å². The van der Waals surface area contributed by atoms with Gasteiger partial charge in [0.15, 0.2) is 5.11 Å². The summed E-state index contributed by atoms with van der Waals surface area (Å²) >= 11 is 5.79. The SMILES string of the molecule is CCn1cc(CN(C(=S)Nc2ccc(C)cc2C)C(C)C)c2ccccc21. The highest BCUT2D eigenvalue weighted by Crippen LogP contribution is 2.24. The molecule has 0 saturated heterocycles. The lowest BCUT2D eigenvalue weighted by Gasteiger charge is -2.30. The van der Waals surface area contributed by atoms with Crippen LogP contribution in [0.4, 0.5) is 5.69 Å². The molecule has 1 heterocycles. The molecule has 0 bridgehead atoms. The molecular weight excluding hydrogens is 350 g/mol. The largest absolute Gasteiger partial charge is 0.347 e. The van der Waals surface area contributed by atoms with Crippen LogP contribution in [0.2, 0.25) is 0 Å². The normalized spacial score (nSPS) is 11.2. The van der Waals surface area contributed by atoms with Crippen LogP contribution >= 0.6 is 12.2 Å². The molecule has 0 radical (unpaired) electrons. The zero-order valence-corrected chi connectivity index (χ0v) is 17.7. The number of nitrogens with zero attached hydrogens (tertiary/aromatic N) is 2. The minimum atomic E-state index is 0.305. The van der Waals surface area contributed by atoms with Crippen molar-refractivity contribution in [2.45, 2.75) is 53.8 Å². The van der Waals surface area contributed by atoms with Gasteiger partial charge in [0.05, 0.1) is 0 Å². The zero-order chi connectivity index (χ0) is 19.6. The fraction of sp³-hybridized carbons (Fsp3) is 0.348. The van der Waals surface area contributed by atoms with E-state index in [9.17, 15) is 0 Å². The first kappa shape index (κ1) is 19.4. The Balaban J connectivity index is 1.87. The molecule has 142 valence electrons. The summed E-state index contributed by atoms with van der Waals surface area (Å²) in [5, 5.41) is 5.53. The van der Waals surface area contributed by atoms with E-state index in [2.05, 4.69) is 98.1 Å². The van der Waals surface area contributed by atoms with E-state index < -0.39 is 0 Å². The van der Waals surface area contributed by atoms with Crippen LogP contribution in [0, 0.1) is 13.8 Å². The van der Waals surface area contributed by atoms with Crippen LogP contribution in [-0.2, 0) is 13.1 Å². The number of hydrogen-bond donors (Lipinski definition) is 1. The summed E-state index contributed by atoms with van der Waals surface area (Å²) < 4.78 is 2.31. The molecule has 2 aromatic carbocycles. The van der Waals surface area contributed by atoms with Gasteiger partial charge in [-0.15, -0.1) is 0 Å². The van der Waals surface area contributed by atoms with Gasteiger partial charge < -0.3 is 14.8 Å². The zero-order valence-electron chi connectivity index (χ0n) is 16.9. The molecular formula is C23H29N3S. The number of aromatic nitrogens is 1. The van der Waals surface area contributed by atoms with Crippen LogP contribution in [0.5, 0.6) is 0 Å². The Kier molecular flexibility index (Phi) is 5.85. The molecule has 0 aliphatic rings. The van der Waals surface area contributed by atoms with E-state index in [4.69, 9.17) is 12.2 Å². The van der Waals surface area contributed by atoms with Crippen molar-refractivity contribution in [2.24, 2.45) is 0 Å². The van der Waals surface area contributed by atoms with Gasteiger partial charge in [-0.3, -0.25) is 0 Å². The van der Waals surface area contributed by atoms with Crippen LogP contribution in [-0.4, -0.2) is 20.6 Å². The first-order valence-corrected chi connectivity index (χ1v) is 10.0. The standard InChI is InChI=1S/C23H29N3S/c1-6-25-14-19(20-9-7-8-10-22(20)25)15-26(16(2)3)23(27)24-21-12-11-17(4)13-18(21)5/h7-14,16H,6,15H2,1-5H3,(H,24,27). The lowest BCUT2D eigenvalue weighted by atomic mass is 10.1. The van der Waals surface area contributed by atoms with Gasteiger partial charge in [-0.25, -0.2) is 0 Å². The molecule has 3 aromatic rings. The Morgan fingerprint density at radius 2 is 1.89 bits per heavy atom. The van der Waals surface area contributed by atoms with Crippen LogP contribution in [0.3, 0.4) is 0 Å². The van der Waals surface area contributed by atoms with Gasteiger partial charge in [-0.2, -0.15) is 0 Å². The molecule has 0 fully saturated rings. The van der Waals surface area contributed by atoms with Gasteiger partial charge in [0.2, 0.25) is 0 Å². The number of hydrogen-bond acceptors (Lipinski definition) is 1. The summed E-state index contributed by atoms with van der Waals surface area (Å²) in [6.07, 6.45) is 2.26. The number of anilines is 1. The highest BCUT2D eigenvalue weighted by Gasteiger charge is 2.17. The minimum Gasteiger partial charge on any atom is -0.347 e. The van der Waals surface area contributed by atoms with Gasteiger partial charge in [0.1, 0.15) is 0 Å². The quantitative estimate of drug-likeness (QED) is 0.559. The summed E-state index contributed by atoms with van der Waals surface area (Å²) in [5.74, 6) is 0. The van der Waals surface area contributed by atoms with E-state index in [1.807, 2.05) is 0 Å². The second-order valence-electron chi connectivity index (χ2n) is 7.43. The monoisotopic (exact) mass is 379 g/mol. The Morgan fingerprint density at radius 3 is 2.56 bits per heavy atom. The third-order valence-electron chi connectivity index (χ3n) is 5.06. The molecule has 27 heavy (non-hydrogen) atoms. The molecule has 1 aromatic heterocycles. The molecule has 0 aliphatic heterocycles. The number of para-hydroxylation sites is 1. The summed E-state index contributed by atoms with van der Waals surface area (Å²) in [6.45, 7) is 12.5. The number of thiocarbonyl (C=S) groups is 1. The highest BCUT2D eigenvalue weighted by molar-refractivity contribution is 7.80. The van der Waals surface area contributed by atoms with Crippen molar-refractivity contribution < 1.29 is 0 Å². The Hall–Kier alpha value is -2.33. The van der Waals surface area contributed by atoms with Gasteiger partial charge >= 0.3 is 0 Å². The Bertz CT molecular complexity index is 955. The lowest BCUT2D eigenvalue weighted by molar-refractivity contribution is 0.349. The third-order valence-corrected chi connectivity index (χ3v) is 5.40. The smallest absolute Gasteiger partial charge is 0.173 e. The minimum absolute atomic E-state index is 0.305. The fourth-order valence-corrected chi connectivity index (χ4v) is 3.91. The highest BCUT2D eigenvalue weighted by atomic mass is 32.1. The Morgan fingerprint density at radius 1 is 1.15 bits per heavy atom. The van der Waals surface area contributed by atoms with E-state index in [1.54, 1.807) is 0 Å². The molecule has 0 amide bonds. The maximum atomic E-state index is 5.79. The number of rotatable bonds is 5. The first-order valence-electron chi connectivity index (χ1n) is 9.62. The fourth-order valence-electron chi connectivity index (χ4n) is 3.52. The average molecular weight is 380 g/mol. The van der Waals surface area contributed by atoms with E-state index in [1.165, 1.54) is 27.6 Å². The number of nitrogens with one attached hydrogen (secondary N) is 1. The lowest BCUT2D eigenvalue weighted by Crippen LogP contribution is -2.39. The number of benzene rings is 2. The molecule has 3 rings (SSSR count). The summed E-state index contributed by atoms with van der Waals surface area (Å²) in [7, 11) is 0. The van der Waals surface area contributed by atoms with Crippen molar-refractivity contribution >= 4 is 33.9 Å². The molecule has 0 aliphatic carbocycles. The summed E-state index contributed by atoms with van der Waals surface area (Å²) in [4.78, 5) is 2.26. The molecule has 0 saturated carbocycles. The van der Waals surface area contributed by atoms with Crippen LogP contribution in [0.25, 0.3) is 10.9 Å². The van der Waals surface area contributed by atoms with Crippen molar-refractivity contribution in [3.8, 4) is 0 Å². The maximum absolute atomic E-state index is 5.79. The predicted molar refractivity (Wildman–Crippen MR) is 120 cm³/mol. The molecule has 1 N–H and O–H groups in total. The second kappa shape index (κ2) is 8.13. The van der Waals surface area contributed by atoms with Crippen LogP contribution in [0.1, 0.15) is 37.5 Å². The van der Waals surface area contributed by atoms with Gasteiger partial charge in [-0.1, -0.05) is 35.9 Å². The van der Waals surface area contributed by atoms with Crippen LogP contribution in [0.15, 0.2) is 48.7 Å².